The first-order valence-corrected chi connectivity index (χ1v) is 6.43. The van der Waals surface area contributed by atoms with E-state index >= 15 is 0 Å². The molecule has 0 aliphatic carbocycles. The van der Waals surface area contributed by atoms with E-state index in [9.17, 15) is 21.6 Å². The summed E-state index contributed by atoms with van der Waals surface area (Å²) in [7, 11) is -4.02. The zero-order chi connectivity index (χ0) is 12.6. The van der Waals surface area contributed by atoms with E-state index in [0.29, 0.717) is 6.07 Å². The van der Waals surface area contributed by atoms with Crippen LogP contribution in [0.1, 0.15) is 6.42 Å². The maximum Gasteiger partial charge on any atom is 0.186 e. The molecule has 0 bridgehead atoms. The lowest BCUT2D eigenvalue weighted by molar-refractivity contribution is 0.198. The summed E-state index contributed by atoms with van der Waals surface area (Å²) in [5.74, 6) is -4.08. The van der Waals surface area contributed by atoms with Gasteiger partial charge in [-0.3, -0.25) is 0 Å². The van der Waals surface area contributed by atoms with Crippen LogP contribution >= 0.6 is 0 Å². The van der Waals surface area contributed by atoms with E-state index in [1.54, 1.807) is 0 Å². The van der Waals surface area contributed by atoms with Crippen LogP contribution in [0.15, 0.2) is 17.0 Å². The van der Waals surface area contributed by atoms with Gasteiger partial charge in [-0.1, -0.05) is 0 Å². The molecular weight excluding hydrogens is 257 g/mol. The second kappa shape index (κ2) is 4.30. The van der Waals surface area contributed by atoms with Crippen molar-refractivity contribution in [3.63, 3.8) is 0 Å². The summed E-state index contributed by atoms with van der Waals surface area (Å²) >= 11 is 0. The van der Waals surface area contributed by atoms with Crippen molar-refractivity contribution in [2.75, 3.05) is 13.2 Å². The Morgan fingerprint density at radius 3 is 2.35 bits per heavy atom. The molecule has 1 saturated heterocycles. The highest BCUT2D eigenvalue weighted by Crippen LogP contribution is 2.26. The summed E-state index contributed by atoms with van der Waals surface area (Å²) in [6.45, 7) is 0.204. The van der Waals surface area contributed by atoms with Gasteiger partial charge in [0.15, 0.2) is 21.5 Å². The third kappa shape index (κ3) is 2.16. The molecule has 0 radical (unpaired) electrons. The number of rotatable bonds is 2. The minimum atomic E-state index is -4.02. The highest BCUT2D eigenvalue weighted by Gasteiger charge is 2.34. The molecule has 2 rings (SSSR count). The van der Waals surface area contributed by atoms with Gasteiger partial charge in [0.25, 0.3) is 0 Å². The molecule has 1 aromatic carbocycles. The lowest BCUT2D eigenvalue weighted by Gasteiger charge is -2.10. The van der Waals surface area contributed by atoms with Gasteiger partial charge in [0.2, 0.25) is 0 Å². The normalized spacial score (nSPS) is 20.8. The monoisotopic (exact) mass is 266 g/mol. The molecule has 1 heterocycles. The van der Waals surface area contributed by atoms with Crippen molar-refractivity contribution >= 4 is 9.84 Å². The molecule has 1 atom stereocenters. The van der Waals surface area contributed by atoms with E-state index in [2.05, 4.69) is 0 Å². The van der Waals surface area contributed by atoms with Gasteiger partial charge in [0.1, 0.15) is 10.7 Å². The third-order valence-electron chi connectivity index (χ3n) is 2.61. The summed E-state index contributed by atoms with van der Waals surface area (Å²) in [6.07, 6.45) is 0.223. The molecule has 3 nitrogen and oxygen atoms in total. The standard InChI is InChI=1S/C10H9F3O3S/c11-7-3-9(13)10(4-8(7)12)17(14,15)6-1-2-16-5-6/h3-4,6H,1-2,5H2. The SMILES string of the molecule is O=S(=O)(c1cc(F)c(F)cc1F)C1CCOC1. The van der Waals surface area contributed by atoms with Crippen molar-refractivity contribution in [1.29, 1.82) is 0 Å². The summed E-state index contributed by atoms with van der Waals surface area (Å²) in [6, 6.07) is 0.607. The van der Waals surface area contributed by atoms with Crippen LogP contribution in [0.2, 0.25) is 0 Å². The lowest BCUT2D eigenvalue weighted by Crippen LogP contribution is -2.22. The zero-order valence-electron chi connectivity index (χ0n) is 8.62. The number of benzene rings is 1. The van der Waals surface area contributed by atoms with Gasteiger partial charge in [-0.25, -0.2) is 21.6 Å². The van der Waals surface area contributed by atoms with Crippen LogP contribution < -0.4 is 0 Å². The average Bonchev–Trinajstić information content (AvgIpc) is 2.77. The summed E-state index contributed by atoms with van der Waals surface area (Å²) < 4.78 is 67.7. The molecule has 1 fully saturated rings. The zero-order valence-corrected chi connectivity index (χ0v) is 9.44. The number of hydrogen-bond acceptors (Lipinski definition) is 3. The first-order valence-electron chi connectivity index (χ1n) is 4.89. The van der Waals surface area contributed by atoms with Crippen molar-refractivity contribution in [1.82, 2.24) is 0 Å². The maximum absolute atomic E-state index is 13.4. The van der Waals surface area contributed by atoms with E-state index in [-0.39, 0.29) is 25.7 Å². The Balaban J connectivity index is 2.49. The van der Waals surface area contributed by atoms with Crippen LogP contribution in [0.4, 0.5) is 13.2 Å². The van der Waals surface area contributed by atoms with Gasteiger partial charge in [-0.05, 0) is 12.5 Å². The van der Waals surface area contributed by atoms with Gasteiger partial charge in [-0.2, -0.15) is 0 Å². The van der Waals surface area contributed by atoms with Gasteiger partial charge in [0, 0.05) is 12.7 Å². The predicted molar refractivity (Wildman–Crippen MR) is 52.7 cm³/mol. The van der Waals surface area contributed by atoms with Crippen LogP contribution in [0.25, 0.3) is 0 Å². The van der Waals surface area contributed by atoms with Crippen LogP contribution in [0, 0.1) is 17.5 Å². The van der Waals surface area contributed by atoms with Crippen LogP contribution in [-0.2, 0) is 14.6 Å². The molecule has 1 aliphatic heterocycles. The smallest absolute Gasteiger partial charge is 0.186 e. The fourth-order valence-corrected chi connectivity index (χ4v) is 3.30. The minimum absolute atomic E-state index is 0.0548. The number of halogens is 3. The molecule has 94 valence electrons. The molecule has 0 N–H and O–H groups in total. The van der Waals surface area contributed by atoms with Crippen LogP contribution in [0.5, 0.6) is 0 Å². The van der Waals surface area contributed by atoms with Crippen molar-refractivity contribution in [3.8, 4) is 0 Å². The highest BCUT2D eigenvalue weighted by atomic mass is 32.2. The predicted octanol–water partition coefficient (Wildman–Crippen LogP) is 1.67. The third-order valence-corrected chi connectivity index (χ3v) is 4.78. The van der Waals surface area contributed by atoms with Crippen molar-refractivity contribution < 1.29 is 26.3 Å². The Bertz CT molecular complexity index is 536. The lowest BCUT2D eigenvalue weighted by atomic mass is 10.3. The molecule has 17 heavy (non-hydrogen) atoms. The Kier molecular flexibility index (Phi) is 3.13. The van der Waals surface area contributed by atoms with Gasteiger partial charge >= 0.3 is 0 Å². The van der Waals surface area contributed by atoms with E-state index in [1.807, 2.05) is 0 Å². The van der Waals surface area contributed by atoms with Crippen LogP contribution in [0.3, 0.4) is 0 Å². The fraction of sp³-hybridized carbons (Fsp3) is 0.400. The van der Waals surface area contributed by atoms with E-state index in [0.717, 1.165) is 0 Å². The van der Waals surface area contributed by atoms with Gasteiger partial charge in [0.05, 0.1) is 11.9 Å². The first-order chi connectivity index (χ1) is 7.93. The van der Waals surface area contributed by atoms with Gasteiger partial charge in [-0.15, -0.1) is 0 Å². The van der Waals surface area contributed by atoms with Crippen LogP contribution in [-0.4, -0.2) is 26.9 Å². The Hall–Kier alpha value is -1.08. The number of ether oxygens (including phenoxy) is 1. The second-order valence-corrected chi connectivity index (χ2v) is 5.92. The Morgan fingerprint density at radius 1 is 1.12 bits per heavy atom. The van der Waals surface area contributed by atoms with Gasteiger partial charge < -0.3 is 4.74 Å². The van der Waals surface area contributed by atoms with E-state index < -0.39 is 37.4 Å². The molecule has 0 amide bonds. The molecule has 1 unspecified atom stereocenters. The minimum Gasteiger partial charge on any atom is -0.380 e. The molecule has 0 saturated carbocycles. The molecule has 1 aliphatic rings. The first kappa shape index (κ1) is 12.4. The number of hydrogen-bond donors (Lipinski definition) is 0. The van der Waals surface area contributed by atoms with E-state index in [1.165, 1.54) is 0 Å². The summed E-state index contributed by atoms with van der Waals surface area (Å²) in [5, 5.41) is -0.901. The topological polar surface area (TPSA) is 43.4 Å². The molecule has 0 spiro atoms. The summed E-state index contributed by atoms with van der Waals surface area (Å²) in [5.41, 5.74) is 0. The molecule has 0 aromatic heterocycles. The van der Waals surface area contributed by atoms with E-state index in [4.69, 9.17) is 4.74 Å². The molecular formula is C10H9F3O3S. The van der Waals surface area contributed by atoms with Crippen molar-refractivity contribution in [2.45, 2.75) is 16.6 Å². The maximum atomic E-state index is 13.4. The van der Waals surface area contributed by atoms with Crippen molar-refractivity contribution in [3.05, 3.63) is 29.6 Å². The van der Waals surface area contributed by atoms with Crippen molar-refractivity contribution in [2.24, 2.45) is 0 Å². The largest absolute Gasteiger partial charge is 0.380 e. The fourth-order valence-electron chi connectivity index (χ4n) is 1.66. The summed E-state index contributed by atoms with van der Waals surface area (Å²) in [4.78, 5) is -0.813. The average molecular weight is 266 g/mol. The Labute approximate surface area is 96.1 Å². The molecule has 1 aromatic rings. The highest BCUT2D eigenvalue weighted by molar-refractivity contribution is 7.92. The Morgan fingerprint density at radius 2 is 1.76 bits per heavy atom. The second-order valence-electron chi connectivity index (χ2n) is 3.73. The molecule has 7 heteroatoms. The number of sulfone groups is 1. The quantitative estimate of drug-likeness (QED) is 0.604.